The molecule has 1 atom stereocenters. The molecule has 0 bridgehead atoms. The standard InChI is InChI=1S/C15H20N2O3/c18-14(19)10-12-4-1-2-8-17(12)15(20)13-5-3-9-16(13)11-6-7-11/h3,5,9,11-12H,1-2,4,6-8,10H2,(H,18,19). The summed E-state index contributed by atoms with van der Waals surface area (Å²) < 4.78 is 2.05. The molecule has 5 nitrogen and oxygen atoms in total. The fourth-order valence-corrected chi connectivity index (χ4v) is 3.07. The van der Waals surface area contributed by atoms with Gasteiger partial charge in [-0.2, -0.15) is 0 Å². The summed E-state index contributed by atoms with van der Waals surface area (Å²) in [4.78, 5) is 25.5. The van der Waals surface area contributed by atoms with Crippen LogP contribution >= 0.6 is 0 Å². The molecule has 108 valence electrons. The zero-order valence-electron chi connectivity index (χ0n) is 11.5. The molecule has 1 unspecified atom stereocenters. The highest BCUT2D eigenvalue weighted by Gasteiger charge is 2.33. The number of carbonyl (C=O) groups is 2. The quantitative estimate of drug-likeness (QED) is 0.917. The van der Waals surface area contributed by atoms with Crippen LogP contribution in [0.15, 0.2) is 18.3 Å². The molecule has 1 saturated carbocycles. The molecule has 0 radical (unpaired) electrons. The third-order valence-corrected chi connectivity index (χ3v) is 4.24. The molecule has 5 heteroatoms. The maximum absolute atomic E-state index is 12.7. The van der Waals surface area contributed by atoms with E-state index in [9.17, 15) is 9.59 Å². The van der Waals surface area contributed by atoms with Crippen LogP contribution < -0.4 is 0 Å². The Bertz CT molecular complexity index is 519. The van der Waals surface area contributed by atoms with E-state index in [1.807, 2.05) is 18.3 Å². The number of piperidine rings is 1. The SMILES string of the molecule is O=C(O)CC1CCCCN1C(=O)c1cccn1C1CC1. The van der Waals surface area contributed by atoms with E-state index in [0.717, 1.165) is 32.1 Å². The van der Waals surface area contributed by atoms with Crippen molar-refractivity contribution < 1.29 is 14.7 Å². The van der Waals surface area contributed by atoms with E-state index in [1.54, 1.807) is 4.90 Å². The van der Waals surface area contributed by atoms with Crippen LogP contribution in [-0.2, 0) is 4.79 Å². The number of carbonyl (C=O) groups excluding carboxylic acids is 1. The molecule has 1 aromatic heterocycles. The second kappa shape index (κ2) is 5.31. The van der Waals surface area contributed by atoms with Gasteiger partial charge in [0.05, 0.1) is 6.42 Å². The van der Waals surface area contributed by atoms with Gasteiger partial charge in [0.1, 0.15) is 5.69 Å². The molecule has 1 N–H and O–H groups in total. The molecular formula is C15H20N2O3. The van der Waals surface area contributed by atoms with E-state index in [4.69, 9.17) is 5.11 Å². The molecule has 3 rings (SSSR count). The predicted octanol–water partition coefficient (Wildman–Crippen LogP) is 2.29. The molecule has 2 aliphatic rings. The van der Waals surface area contributed by atoms with E-state index in [1.165, 1.54) is 0 Å². The van der Waals surface area contributed by atoms with Crippen LogP contribution in [0.1, 0.15) is 55.1 Å². The number of aromatic nitrogens is 1. The van der Waals surface area contributed by atoms with Crippen LogP contribution in [0.25, 0.3) is 0 Å². The Morgan fingerprint density at radius 1 is 1.25 bits per heavy atom. The minimum atomic E-state index is -0.827. The molecule has 2 fully saturated rings. The van der Waals surface area contributed by atoms with Crippen LogP contribution in [0.3, 0.4) is 0 Å². The highest BCUT2D eigenvalue weighted by Crippen LogP contribution is 2.36. The second-order valence-electron chi connectivity index (χ2n) is 5.78. The lowest BCUT2D eigenvalue weighted by molar-refractivity contribution is -0.138. The van der Waals surface area contributed by atoms with Gasteiger partial charge in [-0.05, 0) is 44.2 Å². The summed E-state index contributed by atoms with van der Waals surface area (Å²) in [6.45, 7) is 0.673. The average molecular weight is 276 g/mol. The van der Waals surface area contributed by atoms with Gasteiger partial charge >= 0.3 is 5.97 Å². The van der Waals surface area contributed by atoms with Crippen molar-refractivity contribution in [2.45, 2.75) is 50.6 Å². The number of carboxylic acids is 1. The zero-order chi connectivity index (χ0) is 14.1. The van der Waals surface area contributed by atoms with Crippen LogP contribution in [-0.4, -0.2) is 39.0 Å². The van der Waals surface area contributed by atoms with Crippen molar-refractivity contribution in [3.63, 3.8) is 0 Å². The van der Waals surface area contributed by atoms with Gasteiger partial charge in [0.15, 0.2) is 0 Å². The number of hydrogen-bond donors (Lipinski definition) is 1. The van der Waals surface area contributed by atoms with Gasteiger partial charge < -0.3 is 14.6 Å². The second-order valence-corrected chi connectivity index (χ2v) is 5.78. The number of nitrogens with zero attached hydrogens (tertiary/aromatic N) is 2. The van der Waals surface area contributed by atoms with Gasteiger partial charge in [0.25, 0.3) is 5.91 Å². The molecule has 1 aliphatic carbocycles. The molecular weight excluding hydrogens is 256 g/mol. The van der Waals surface area contributed by atoms with Crippen molar-refractivity contribution in [1.82, 2.24) is 9.47 Å². The summed E-state index contributed by atoms with van der Waals surface area (Å²) >= 11 is 0. The lowest BCUT2D eigenvalue weighted by atomic mass is 9.99. The fourth-order valence-electron chi connectivity index (χ4n) is 3.07. The average Bonchev–Trinajstić information content (AvgIpc) is 3.15. The maximum atomic E-state index is 12.7. The van der Waals surface area contributed by atoms with Crippen LogP contribution in [0, 0.1) is 0 Å². The predicted molar refractivity (Wildman–Crippen MR) is 73.6 cm³/mol. The van der Waals surface area contributed by atoms with Crippen molar-refractivity contribution in [3.8, 4) is 0 Å². The van der Waals surface area contributed by atoms with Crippen LogP contribution in [0.4, 0.5) is 0 Å². The largest absolute Gasteiger partial charge is 0.481 e. The number of hydrogen-bond acceptors (Lipinski definition) is 2. The Hall–Kier alpha value is -1.78. The summed E-state index contributed by atoms with van der Waals surface area (Å²) in [5.41, 5.74) is 0.713. The topological polar surface area (TPSA) is 62.5 Å². The van der Waals surface area contributed by atoms with E-state index >= 15 is 0 Å². The van der Waals surface area contributed by atoms with Crippen molar-refractivity contribution >= 4 is 11.9 Å². The van der Waals surface area contributed by atoms with Gasteiger partial charge in [-0.15, -0.1) is 0 Å². The number of rotatable bonds is 4. The first-order chi connectivity index (χ1) is 9.66. The Kier molecular flexibility index (Phi) is 3.51. The lowest BCUT2D eigenvalue weighted by Gasteiger charge is -2.35. The molecule has 1 aliphatic heterocycles. The van der Waals surface area contributed by atoms with Gasteiger partial charge in [0.2, 0.25) is 0 Å². The minimum absolute atomic E-state index is 0.00662. The normalized spacial score (nSPS) is 22.8. The molecule has 2 heterocycles. The highest BCUT2D eigenvalue weighted by atomic mass is 16.4. The van der Waals surface area contributed by atoms with Gasteiger partial charge in [-0.3, -0.25) is 9.59 Å². The van der Waals surface area contributed by atoms with E-state index in [0.29, 0.717) is 18.3 Å². The lowest BCUT2D eigenvalue weighted by Crippen LogP contribution is -2.45. The number of amides is 1. The number of likely N-dealkylation sites (tertiary alicyclic amines) is 1. The van der Waals surface area contributed by atoms with E-state index in [-0.39, 0.29) is 18.4 Å². The van der Waals surface area contributed by atoms with Gasteiger partial charge in [-0.1, -0.05) is 0 Å². The Morgan fingerprint density at radius 3 is 2.75 bits per heavy atom. The van der Waals surface area contributed by atoms with E-state index < -0.39 is 5.97 Å². The smallest absolute Gasteiger partial charge is 0.305 e. The number of aliphatic carboxylic acids is 1. The molecule has 1 saturated heterocycles. The van der Waals surface area contributed by atoms with Gasteiger partial charge in [-0.25, -0.2) is 0 Å². The monoisotopic (exact) mass is 276 g/mol. The van der Waals surface area contributed by atoms with Crippen LogP contribution in [0.5, 0.6) is 0 Å². The third-order valence-electron chi connectivity index (χ3n) is 4.24. The molecule has 1 amide bonds. The van der Waals surface area contributed by atoms with Gasteiger partial charge in [0, 0.05) is 24.8 Å². The molecule has 20 heavy (non-hydrogen) atoms. The first-order valence-corrected chi connectivity index (χ1v) is 7.36. The van der Waals surface area contributed by atoms with Crippen molar-refractivity contribution in [2.24, 2.45) is 0 Å². The fraction of sp³-hybridized carbons (Fsp3) is 0.600. The summed E-state index contributed by atoms with van der Waals surface area (Å²) in [7, 11) is 0. The maximum Gasteiger partial charge on any atom is 0.305 e. The number of carboxylic acid groups (broad SMARTS) is 1. The van der Waals surface area contributed by atoms with Crippen molar-refractivity contribution in [2.75, 3.05) is 6.54 Å². The zero-order valence-corrected chi connectivity index (χ0v) is 11.5. The summed E-state index contributed by atoms with van der Waals surface area (Å²) in [5, 5.41) is 9.01. The Balaban J connectivity index is 1.79. The van der Waals surface area contributed by atoms with Crippen molar-refractivity contribution in [3.05, 3.63) is 24.0 Å². The summed E-state index contributed by atoms with van der Waals surface area (Å²) in [6.07, 6.45) is 7.04. The Labute approximate surface area is 118 Å². The summed E-state index contributed by atoms with van der Waals surface area (Å²) in [6, 6.07) is 4.07. The minimum Gasteiger partial charge on any atom is -0.481 e. The Morgan fingerprint density at radius 2 is 2.05 bits per heavy atom. The first kappa shape index (κ1) is 13.2. The molecule has 0 aromatic carbocycles. The van der Waals surface area contributed by atoms with E-state index in [2.05, 4.69) is 4.57 Å². The van der Waals surface area contributed by atoms with Crippen LogP contribution in [0.2, 0.25) is 0 Å². The molecule has 1 aromatic rings. The third kappa shape index (κ3) is 2.57. The highest BCUT2D eigenvalue weighted by molar-refractivity contribution is 5.93. The summed E-state index contributed by atoms with van der Waals surface area (Å²) in [5.74, 6) is -0.833. The molecule has 0 spiro atoms. The first-order valence-electron chi connectivity index (χ1n) is 7.36. The van der Waals surface area contributed by atoms with Crippen molar-refractivity contribution in [1.29, 1.82) is 0 Å².